The van der Waals surface area contributed by atoms with E-state index in [9.17, 15) is 9.18 Å². The molecular formula is C21H23FN4O. The number of nitrogens with zero attached hydrogens (tertiary/aromatic N) is 2. The van der Waals surface area contributed by atoms with E-state index in [0.717, 1.165) is 30.5 Å². The van der Waals surface area contributed by atoms with Crippen LogP contribution in [0, 0.1) is 5.82 Å². The van der Waals surface area contributed by atoms with Crippen LogP contribution >= 0.6 is 0 Å². The zero-order valence-electron chi connectivity index (χ0n) is 15.2. The number of nitrogens with one attached hydrogen (secondary N) is 2. The third-order valence-electron chi connectivity index (χ3n) is 5.09. The molecular weight excluding hydrogens is 343 g/mol. The number of fused-ring (bicyclic) bond motifs is 1. The van der Waals surface area contributed by atoms with Crippen LogP contribution in [0.15, 0.2) is 42.5 Å². The van der Waals surface area contributed by atoms with E-state index in [1.54, 1.807) is 12.1 Å². The summed E-state index contributed by atoms with van der Waals surface area (Å²) in [6, 6.07) is 11.7. The van der Waals surface area contributed by atoms with Crippen molar-refractivity contribution in [2.75, 3.05) is 26.2 Å². The van der Waals surface area contributed by atoms with Gasteiger partial charge < -0.3 is 10.2 Å². The number of hydrogen-bond acceptors (Lipinski definition) is 3. The van der Waals surface area contributed by atoms with E-state index in [2.05, 4.69) is 20.4 Å². The third-order valence-corrected chi connectivity index (χ3v) is 5.09. The molecule has 1 saturated heterocycles. The fourth-order valence-corrected chi connectivity index (χ4v) is 3.62. The average Bonchev–Trinajstić information content (AvgIpc) is 3.12. The first-order valence-corrected chi connectivity index (χ1v) is 9.45. The molecule has 1 aromatic heterocycles. The van der Waals surface area contributed by atoms with Gasteiger partial charge in [-0.2, -0.15) is 5.10 Å². The standard InChI is InChI=1S/C21H23FN4O/c22-17-6-4-5-15(13-17)20-18-14-16(7-8-19(18)24-25-20)21(27)23-9-12-26-10-2-1-3-11-26/h4-8,13-14H,1-3,9-12H2,(H,23,27)(H,24,25). The Morgan fingerprint density at radius 2 is 2.00 bits per heavy atom. The van der Waals surface area contributed by atoms with Gasteiger partial charge in [-0.25, -0.2) is 4.39 Å². The van der Waals surface area contributed by atoms with Crippen molar-refractivity contribution in [3.05, 3.63) is 53.8 Å². The quantitative estimate of drug-likeness (QED) is 0.725. The number of aromatic nitrogens is 2. The maximum atomic E-state index is 13.6. The molecule has 0 bridgehead atoms. The highest BCUT2D eigenvalue weighted by molar-refractivity contribution is 6.01. The minimum atomic E-state index is -0.310. The number of rotatable bonds is 5. The monoisotopic (exact) mass is 366 g/mol. The molecule has 0 spiro atoms. The van der Waals surface area contributed by atoms with Gasteiger partial charge in [-0.1, -0.05) is 18.6 Å². The van der Waals surface area contributed by atoms with Crippen molar-refractivity contribution in [2.24, 2.45) is 0 Å². The smallest absolute Gasteiger partial charge is 0.251 e. The zero-order chi connectivity index (χ0) is 18.6. The molecule has 0 saturated carbocycles. The summed E-state index contributed by atoms with van der Waals surface area (Å²) in [4.78, 5) is 14.9. The number of carbonyl (C=O) groups is 1. The fraction of sp³-hybridized carbons (Fsp3) is 0.333. The number of benzene rings is 2. The van der Waals surface area contributed by atoms with Gasteiger partial charge in [0.15, 0.2) is 0 Å². The molecule has 2 N–H and O–H groups in total. The van der Waals surface area contributed by atoms with Crippen LogP contribution in [0.3, 0.4) is 0 Å². The van der Waals surface area contributed by atoms with E-state index in [1.807, 2.05) is 18.2 Å². The number of carbonyl (C=O) groups excluding carboxylic acids is 1. The maximum absolute atomic E-state index is 13.6. The van der Waals surface area contributed by atoms with Crippen LogP contribution in [-0.2, 0) is 0 Å². The zero-order valence-corrected chi connectivity index (χ0v) is 15.2. The lowest BCUT2D eigenvalue weighted by Gasteiger charge is -2.26. The van der Waals surface area contributed by atoms with Gasteiger partial charge in [0.25, 0.3) is 5.91 Å². The normalized spacial score (nSPS) is 15.1. The van der Waals surface area contributed by atoms with Crippen LogP contribution in [0.5, 0.6) is 0 Å². The van der Waals surface area contributed by atoms with Gasteiger partial charge in [0, 0.05) is 29.6 Å². The lowest BCUT2D eigenvalue weighted by atomic mass is 10.1. The molecule has 0 unspecified atom stereocenters. The SMILES string of the molecule is O=C(NCCN1CCCCC1)c1ccc2[nH]nc(-c3cccc(F)c3)c2c1. The molecule has 140 valence electrons. The molecule has 0 atom stereocenters. The van der Waals surface area contributed by atoms with E-state index >= 15 is 0 Å². The average molecular weight is 366 g/mol. The molecule has 1 aliphatic heterocycles. The summed E-state index contributed by atoms with van der Waals surface area (Å²) in [5.41, 5.74) is 2.73. The van der Waals surface area contributed by atoms with E-state index < -0.39 is 0 Å². The first-order valence-electron chi connectivity index (χ1n) is 9.45. The minimum absolute atomic E-state index is 0.0969. The molecule has 2 heterocycles. The molecule has 0 aliphatic carbocycles. The summed E-state index contributed by atoms with van der Waals surface area (Å²) in [5.74, 6) is -0.407. The number of piperidine rings is 1. The lowest BCUT2D eigenvalue weighted by molar-refractivity contribution is 0.0946. The second kappa shape index (κ2) is 7.88. The van der Waals surface area contributed by atoms with E-state index in [-0.39, 0.29) is 11.7 Å². The topological polar surface area (TPSA) is 61.0 Å². The predicted molar refractivity (Wildman–Crippen MR) is 104 cm³/mol. The second-order valence-corrected chi connectivity index (χ2v) is 7.00. The van der Waals surface area contributed by atoms with Gasteiger partial charge in [-0.15, -0.1) is 0 Å². The van der Waals surface area contributed by atoms with Crippen LogP contribution in [0.25, 0.3) is 22.2 Å². The van der Waals surface area contributed by atoms with Gasteiger partial charge in [-0.05, 0) is 56.3 Å². The minimum Gasteiger partial charge on any atom is -0.351 e. The van der Waals surface area contributed by atoms with Crippen molar-refractivity contribution in [3.8, 4) is 11.3 Å². The van der Waals surface area contributed by atoms with Crippen LogP contribution < -0.4 is 5.32 Å². The Kier molecular flexibility index (Phi) is 5.16. The molecule has 27 heavy (non-hydrogen) atoms. The largest absolute Gasteiger partial charge is 0.351 e. The summed E-state index contributed by atoms with van der Waals surface area (Å²) in [6.45, 7) is 3.76. The van der Waals surface area contributed by atoms with Crippen molar-refractivity contribution in [2.45, 2.75) is 19.3 Å². The van der Waals surface area contributed by atoms with Gasteiger partial charge in [-0.3, -0.25) is 9.89 Å². The van der Waals surface area contributed by atoms with Gasteiger partial charge >= 0.3 is 0 Å². The first kappa shape index (κ1) is 17.7. The summed E-state index contributed by atoms with van der Waals surface area (Å²) in [7, 11) is 0. The molecule has 1 amide bonds. The lowest BCUT2D eigenvalue weighted by Crippen LogP contribution is -2.37. The summed E-state index contributed by atoms with van der Waals surface area (Å²) < 4.78 is 13.6. The van der Waals surface area contributed by atoms with Crippen molar-refractivity contribution in [1.82, 2.24) is 20.4 Å². The highest BCUT2D eigenvalue weighted by atomic mass is 19.1. The van der Waals surface area contributed by atoms with Crippen LogP contribution in [-0.4, -0.2) is 47.2 Å². The third kappa shape index (κ3) is 4.01. The van der Waals surface area contributed by atoms with Gasteiger partial charge in [0.2, 0.25) is 0 Å². The number of H-pyrrole nitrogens is 1. The number of halogens is 1. The fourth-order valence-electron chi connectivity index (χ4n) is 3.62. The van der Waals surface area contributed by atoms with Crippen molar-refractivity contribution in [1.29, 1.82) is 0 Å². The van der Waals surface area contributed by atoms with Crippen LogP contribution in [0.2, 0.25) is 0 Å². The number of hydrogen-bond donors (Lipinski definition) is 2. The maximum Gasteiger partial charge on any atom is 0.251 e. The number of aromatic amines is 1. The highest BCUT2D eigenvalue weighted by Gasteiger charge is 2.14. The van der Waals surface area contributed by atoms with Crippen molar-refractivity contribution < 1.29 is 9.18 Å². The Morgan fingerprint density at radius 3 is 2.81 bits per heavy atom. The first-order chi connectivity index (χ1) is 13.2. The van der Waals surface area contributed by atoms with Crippen LogP contribution in [0.4, 0.5) is 4.39 Å². The summed E-state index contributed by atoms with van der Waals surface area (Å²) in [5, 5.41) is 11.1. The molecule has 0 radical (unpaired) electrons. The summed E-state index contributed by atoms with van der Waals surface area (Å²) in [6.07, 6.45) is 3.79. The number of likely N-dealkylation sites (tertiary alicyclic amines) is 1. The molecule has 4 rings (SSSR count). The van der Waals surface area contributed by atoms with Gasteiger partial charge in [0.05, 0.1) is 5.52 Å². The van der Waals surface area contributed by atoms with Crippen molar-refractivity contribution >= 4 is 16.8 Å². The Balaban J connectivity index is 1.48. The Hall–Kier alpha value is -2.73. The Bertz CT molecular complexity index is 946. The van der Waals surface area contributed by atoms with Crippen LogP contribution in [0.1, 0.15) is 29.6 Å². The Morgan fingerprint density at radius 1 is 1.15 bits per heavy atom. The number of amides is 1. The molecule has 1 aliphatic rings. The predicted octanol–water partition coefficient (Wildman–Crippen LogP) is 3.58. The molecule has 3 aromatic rings. The summed E-state index contributed by atoms with van der Waals surface area (Å²) >= 11 is 0. The highest BCUT2D eigenvalue weighted by Crippen LogP contribution is 2.27. The van der Waals surface area contributed by atoms with E-state index in [4.69, 9.17) is 0 Å². The Labute approximate surface area is 157 Å². The molecule has 5 nitrogen and oxygen atoms in total. The second-order valence-electron chi connectivity index (χ2n) is 7.00. The van der Waals surface area contributed by atoms with Gasteiger partial charge in [0.1, 0.15) is 11.5 Å². The van der Waals surface area contributed by atoms with E-state index in [1.165, 1.54) is 31.4 Å². The molecule has 2 aromatic carbocycles. The molecule has 6 heteroatoms. The van der Waals surface area contributed by atoms with E-state index in [0.29, 0.717) is 23.4 Å². The van der Waals surface area contributed by atoms with Crippen molar-refractivity contribution in [3.63, 3.8) is 0 Å². The molecule has 1 fully saturated rings.